The van der Waals surface area contributed by atoms with E-state index in [4.69, 9.17) is 4.42 Å². The normalized spacial score (nSPS) is 12.1. The van der Waals surface area contributed by atoms with Crippen LogP contribution in [0.5, 0.6) is 0 Å². The zero-order valence-electron chi connectivity index (χ0n) is 14.5. The summed E-state index contributed by atoms with van der Waals surface area (Å²) in [4.78, 5) is 12.2. The highest BCUT2D eigenvalue weighted by Gasteiger charge is 2.17. The van der Waals surface area contributed by atoms with Gasteiger partial charge in [-0.2, -0.15) is 0 Å². The number of amides is 1. The summed E-state index contributed by atoms with van der Waals surface area (Å²) in [6, 6.07) is 9.50. The Labute approximate surface area is 154 Å². The van der Waals surface area contributed by atoms with E-state index < -0.39 is 0 Å². The molecule has 2 aromatic heterocycles. The van der Waals surface area contributed by atoms with Gasteiger partial charge < -0.3 is 9.73 Å². The van der Waals surface area contributed by atoms with Crippen LogP contribution in [-0.2, 0) is 11.3 Å². The van der Waals surface area contributed by atoms with E-state index in [1.54, 1.807) is 24.5 Å². The molecule has 1 unspecified atom stereocenters. The van der Waals surface area contributed by atoms with Crippen molar-refractivity contribution in [3.63, 3.8) is 0 Å². The fourth-order valence-electron chi connectivity index (χ4n) is 2.52. The van der Waals surface area contributed by atoms with Crippen molar-refractivity contribution in [2.24, 2.45) is 0 Å². The number of rotatable bonds is 7. The van der Waals surface area contributed by atoms with Crippen LogP contribution in [0.1, 0.15) is 25.5 Å². The van der Waals surface area contributed by atoms with Crippen molar-refractivity contribution < 1.29 is 13.6 Å². The van der Waals surface area contributed by atoms with Crippen LogP contribution in [0.15, 0.2) is 52.2 Å². The molecule has 0 saturated carbocycles. The van der Waals surface area contributed by atoms with Crippen molar-refractivity contribution in [1.82, 2.24) is 20.1 Å². The fraction of sp³-hybridized carbons (Fsp3) is 0.278. The Balaban J connectivity index is 1.60. The molecule has 3 aromatic rings. The molecule has 6 nitrogen and oxygen atoms in total. The van der Waals surface area contributed by atoms with Crippen molar-refractivity contribution in [2.75, 3.05) is 5.75 Å². The molecule has 3 rings (SSSR count). The van der Waals surface area contributed by atoms with Crippen LogP contribution in [0.25, 0.3) is 11.6 Å². The predicted octanol–water partition coefficient (Wildman–Crippen LogP) is 3.67. The second-order valence-corrected chi connectivity index (χ2v) is 6.60. The molecule has 0 saturated heterocycles. The van der Waals surface area contributed by atoms with Crippen molar-refractivity contribution in [3.05, 3.63) is 54.0 Å². The summed E-state index contributed by atoms with van der Waals surface area (Å²) < 4.78 is 20.3. The Kier molecular flexibility index (Phi) is 5.72. The smallest absolute Gasteiger partial charge is 0.230 e. The quantitative estimate of drug-likeness (QED) is 0.639. The van der Waals surface area contributed by atoms with E-state index in [1.807, 2.05) is 24.5 Å². The Hall–Kier alpha value is -2.61. The zero-order chi connectivity index (χ0) is 18.5. The van der Waals surface area contributed by atoms with Crippen LogP contribution in [0.4, 0.5) is 4.39 Å². The van der Waals surface area contributed by atoms with E-state index in [0.29, 0.717) is 23.3 Å². The number of thioether (sulfide) groups is 1. The molecule has 1 N–H and O–H groups in total. The number of nitrogens with zero attached hydrogens (tertiary/aromatic N) is 3. The lowest BCUT2D eigenvalue weighted by atomic mass is 10.1. The fourth-order valence-corrected chi connectivity index (χ4v) is 3.33. The molecular formula is C18H19FN4O2S. The number of hydrogen-bond donors (Lipinski definition) is 1. The highest BCUT2D eigenvalue weighted by molar-refractivity contribution is 7.99. The second-order valence-electron chi connectivity index (χ2n) is 5.66. The molecule has 26 heavy (non-hydrogen) atoms. The number of benzene rings is 1. The van der Waals surface area contributed by atoms with Crippen LogP contribution in [-0.4, -0.2) is 26.4 Å². The number of hydrogen-bond acceptors (Lipinski definition) is 5. The number of halogens is 1. The Morgan fingerprint density at radius 2 is 2.08 bits per heavy atom. The summed E-state index contributed by atoms with van der Waals surface area (Å²) >= 11 is 1.31. The summed E-state index contributed by atoms with van der Waals surface area (Å²) in [5, 5.41) is 11.9. The molecular weight excluding hydrogens is 355 g/mol. The average molecular weight is 374 g/mol. The molecule has 0 bridgehead atoms. The predicted molar refractivity (Wildman–Crippen MR) is 97.1 cm³/mol. The van der Waals surface area contributed by atoms with E-state index in [9.17, 15) is 9.18 Å². The van der Waals surface area contributed by atoms with E-state index in [1.165, 1.54) is 23.9 Å². The maximum Gasteiger partial charge on any atom is 0.230 e. The molecule has 0 aliphatic rings. The van der Waals surface area contributed by atoms with Crippen molar-refractivity contribution in [1.29, 1.82) is 0 Å². The second kappa shape index (κ2) is 8.18. The zero-order valence-corrected chi connectivity index (χ0v) is 15.3. The molecule has 0 fully saturated rings. The van der Waals surface area contributed by atoms with E-state index >= 15 is 0 Å². The molecule has 1 aromatic carbocycles. The molecule has 1 amide bonds. The van der Waals surface area contributed by atoms with E-state index in [-0.39, 0.29) is 23.5 Å². The number of carbonyl (C=O) groups is 1. The molecule has 1 atom stereocenters. The van der Waals surface area contributed by atoms with Gasteiger partial charge in [0.05, 0.1) is 18.1 Å². The van der Waals surface area contributed by atoms with Crippen LogP contribution in [0.3, 0.4) is 0 Å². The van der Waals surface area contributed by atoms with Gasteiger partial charge in [0.2, 0.25) is 5.91 Å². The minimum absolute atomic E-state index is 0.128. The first-order valence-electron chi connectivity index (χ1n) is 8.23. The van der Waals surface area contributed by atoms with Gasteiger partial charge in [-0.05, 0) is 43.7 Å². The van der Waals surface area contributed by atoms with Crippen molar-refractivity contribution in [3.8, 4) is 11.6 Å². The maximum absolute atomic E-state index is 13.0. The number of carbonyl (C=O) groups excluding carboxylic acids is 1. The van der Waals surface area contributed by atoms with Crippen LogP contribution in [0.2, 0.25) is 0 Å². The lowest BCUT2D eigenvalue weighted by Gasteiger charge is -2.14. The van der Waals surface area contributed by atoms with Gasteiger partial charge in [0.1, 0.15) is 5.82 Å². The standard InChI is InChI=1S/C18H19FN4O2S/c1-3-23-17(15-5-4-10-25-15)21-22-18(23)26-11-16(24)20-12(2)13-6-8-14(19)9-7-13/h4-10,12H,3,11H2,1-2H3,(H,20,24). The number of nitrogens with one attached hydrogen (secondary N) is 1. The van der Waals surface area contributed by atoms with Gasteiger partial charge in [0, 0.05) is 6.54 Å². The molecule has 0 aliphatic carbocycles. The topological polar surface area (TPSA) is 73.0 Å². The van der Waals surface area contributed by atoms with Crippen LogP contribution < -0.4 is 5.32 Å². The summed E-state index contributed by atoms with van der Waals surface area (Å²) in [7, 11) is 0. The highest BCUT2D eigenvalue weighted by atomic mass is 32.2. The number of furan rings is 1. The minimum atomic E-state index is -0.297. The number of aromatic nitrogens is 3. The van der Waals surface area contributed by atoms with Crippen molar-refractivity contribution in [2.45, 2.75) is 31.6 Å². The molecule has 8 heteroatoms. The van der Waals surface area contributed by atoms with Gasteiger partial charge in [-0.3, -0.25) is 9.36 Å². The molecule has 0 radical (unpaired) electrons. The largest absolute Gasteiger partial charge is 0.461 e. The lowest BCUT2D eigenvalue weighted by Crippen LogP contribution is -2.28. The highest BCUT2D eigenvalue weighted by Crippen LogP contribution is 2.24. The van der Waals surface area contributed by atoms with E-state index in [2.05, 4.69) is 15.5 Å². The maximum atomic E-state index is 13.0. The van der Waals surface area contributed by atoms with Gasteiger partial charge in [-0.1, -0.05) is 23.9 Å². The van der Waals surface area contributed by atoms with Gasteiger partial charge in [0.25, 0.3) is 0 Å². The third-order valence-corrected chi connectivity index (χ3v) is 4.82. The third kappa shape index (κ3) is 4.13. The molecule has 0 spiro atoms. The lowest BCUT2D eigenvalue weighted by molar-refractivity contribution is -0.119. The third-order valence-electron chi connectivity index (χ3n) is 3.85. The Morgan fingerprint density at radius 3 is 2.73 bits per heavy atom. The minimum Gasteiger partial charge on any atom is -0.461 e. The first kappa shape index (κ1) is 18.2. The first-order chi connectivity index (χ1) is 12.6. The first-order valence-corrected chi connectivity index (χ1v) is 9.21. The van der Waals surface area contributed by atoms with Gasteiger partial charge in [-0.25, -0.2) is 4.39 Å². The Bertz CT molecular complexity index is 862. The van der Waals surface area contributed by atoms with E-state index in [0.717, 1.165) is 5.56 Å². The molecule has 2 heterocycles. The summed E-state index contributed by atoms with van der Waals surface area (Å²) in [6.07, 6.45) is 1.58. The monoisotopic (exact) mass is 374 g/mol. The van der Waals surface area contributed by atoms with Gasteiger partial charge in [0.15, 0.2) is 16.7 Å². The van der Waals surface area contributed by atoms with Crippen molar-refractivity contribution >= 4 is 17.7 Å². The Morgan fingerprint density at radius 1 is 1.31 bits per heavy atom. The van der Waals surface area contributed by atoms with Gasteiger partial charge >= 0.3 is 0 Å². The van der Waals surface area contributed by atoms with Crippen LogP contribution in [0, 0.1) is 5.82 Å². The molecule has 0 aliphatic heterocycles. The summed E-state index contributed by atoms with van der Waals surface area (Å²) in [5.74, 6) is 1.06. The average Bonchev–Trinajstić information content (AvgIpc) is 3.29. The summed E-state index contributed by atoms with van der Waals surface area (Å²) in [5.41, 5.74) is 0.849. The molecule has 136 valence electrons. The van der Waals surface area contributed by atoms with Crippen LogP contribution >= 0.6 is 11.8 Å². The summed E-state index contributed by atoms with van der Waals surface area (Å²) in [6.45, 7) is 4.51. The SMILES string of the molecule is CCn1c(SCC(=O)NC(C)c2ccc(F)cc2)nnc1-c1ccco1. The van der Waals surface area contributed by atoms with Gasteiger partial charge in [-0.15, -0.1) is 10.2 Å².